The summed E-state index contributed by atoms with van der Waals surface area (Å²) in [5.41, 5.74) is 0.274. The molecule has 1 heterocycles. The van der Waals surface area contributed by atoms with Crippen molar-refractivity contribution >= 4 is 39.8 Å². The molecule has 11 heteroatoms. The van der Waals surface area contributed by atoms with Gasteiger partial charge in [-0.3, -0.25) is 0 Å². The zero-order valence-electron chi connectivity index (χ0n) is 15.2. The molecule has 0 fully saturated rings. The van der Waals surface area contributed by atoms with Crippen LogP contribution in [0.2, 0.25) is 5.02 Å². The first kappa shape index (κ1) is 20.6. The van der Waals surface area contributed by atoms with Crippen molar-refractivity contribution in [1.29, 1.82) is 0 Å². The second-order valence-electron chi connectivity index (χ2n) is 5.66. The highest BCUT2D eigenvalue weighted by Gasteiger charge is 2.23. The molecule has 0 aliphatic rings. The monoisotopic (exact) mass is 439 g/mol. The third kappa shape index (κ3) is 4.17. The lowest BCUT2D eigenvalue weighted by Gasteiger charge is -2.19. The molecule has 3 rings (SSSR count). The molecule has 152 valence electrons. The normalized spacial score (nSPS) is 10.8. The van der Waals surface area contributed by atoms with E-state index in [-0.39, 0.29) is 22.7 Å². The van der Waals surface area contributed by atoms with Gasteiger partial charge in [0.05, 0.1) is 43.6 Å². The highest BCUT2D eigenvalue weighted by molar-refractivity contribution is 7.74. The molecule has 0 radical (unpaired) electrons. The van der Waals surface area contributed by atoms with E-state index in [0.717, 1.165) is 23.5 Å². The average molecular weight is 440 g/mol. The molecule has 0 N–H and O–H groups in total. The van der Waals surface area contributed by atoms with Gasteiger partial charge < -0.3 is 9.47 Å². The maximum Gasteiger partial charge on any atom is 0.340 e. The Bertz CT molecular complexity index is 1120. The highest BCUT2D eigenvalue weighted by Crippen LogP contribution is 2.36. The minimum atomic E-state index is -3.24. The quantitative estimate of drug-likeness (QED) is 0.468. The smallest absolute Gasteiger partial charge is 0.340 e. The fraction of sp³-hybridized carbons (Fsp3) is 0.111. The number of halogens is 2. The zero-order valence-corrected chi connectivity index (χ0v) is 16.9. The zero-order chi connectivity index (χ0) is 21.1. The van der Waals surface area contributed by atoms with Gasteiger partial charge in [-0.05, 0) is 30.3 Å². The Kier molecular flexibility index (Phi) is 6.04. The van der Waals surface area contributed by atoms with Crippen molar-refractivity contribution in [1.82, 2.24) is 9.78 Å². The Morgan fingerprint density at radius 2 is 1.90 bits per heavy atom. The van der Waals surface area contributed by atoms with E-state index in [1.54, 1.807) is 24.3 Å². The molecule has 0 spiro atoms. The first-order valence-electron chi connectivity index (χ1n) is 8.06. The third-order valence-corrected chi connectivity index (χ3v) is 5.00. The largest absolute Gasteiger partial charge is 0.495 e. The van der Waals surface area contributed by atoms with E-state index < -0.39 is 22.7 Å². The Balaban J connectivity index is 2.09. The maximum atomic E-state index is 14.4. The van der Waals surface area contributed by atoms with Crippen molar-refractivity contribution < 1.29 is 27.1 Å². The first-order chi connectivity index (χ1) is 13.8. The molecule has 0 atom stereocenters. The predicted molar refractivity (Wildman–Crippen MR) is 105 cm³/mol. The molecule has 3 aromatic rings. The number of carbonyl (C=O) groups is 1. The number of benzene rings is 2. The minimum absolute atomic E-state index is 0.0368. The number of carbonyl (C=O) groups excluding carboxylic acids is 1. The highest BCUT2D eigenvalue weighted by atomic mass is 35.5. The molecule has 0 aliphatic heterocycles. The Morgan fingerprint density at radius 3 is 2.48 bits per heavy atom. The van der Waals surface area contributed by atoms with Crippen molar-refractivity contribution in [2.75, 3.05) is 18.5 Å². The topological polar surface area (TPSA) is 90.7 Å². The van der Waals surface area contributed by atoms with Gasteiger partial charge in [-0.15, -0.1) is 0 Å². The number of thiol groups is 1. The summed E-state index contributed by atoms with van der Waals surface area (Å²) in [6.45, 7) is 0. The number of rotatable bonds is 6. The molecule has 29 heavy (non-hydrogen) atoms. The van der Waals surface area contributed by atoms with E-state index >= 15 is 0 Å². The van der Waals surface area contributed by atoms with Crippen molar-refractivity contribution in [2.45, 2.75) is 0 Å². The lowest BCUT2D eigenvalue weighted by Crippen LogP contribution is -2.16. The van der Waals surface area contributed by atoms with Crippen molar-refractivity contribution in [3.8, 4) is 11.4 Å². The lowest BCUT2D eigenvalue weighted by molar-refractivity contribution is 0.0595. The van der Waals surface area contributed by atoms with Crippen LogP contribution in [0.25, 0.3) is 5.69 Å². The van der Waals surface area contributed by atoms with E-state index in [0.29, 0.717) is 10.7 Å². The number of hydrogen-bond donors (Lipinski definition) is 1. The van der Waals surface area contributed by atoms with Gasteiger partial charge in [0.25, 0.3) is 0 Å². The van der Waals surface area contributed by atoms with Crippen molar-refractivity contribution in [2.24, 2.45) is 0 Å². The second kappa shape index (κ2) is 8.50. The van der Waals surface area contributed by atoms with Crippen LogP contribution in [0, 0.1) is 5.82 Å². The summed E-state index contributed by atoms with van der Waals surface area (Å²) in [6, 6.07) is 8.68. The van der Waals surface area contributed by atoms with Gasteiger partial charge in [0.2, 0.25) is 10.9 Å². The number of hydrogen-bond acceptors (Lipinski definition) is 6. The maximum absolute atomic E-state index is 14.4. The SMILES string of the molecule is COC(=O)c1cc(OC)c(N(c2cnn(-c3ccc(Cl)cc3)c2)[SH](=O)=O)cc1F. The number of ether oxygens (including phenoxy) is 2. The second-order valence-corrected chi connectivity index (χ2v) is 6.98. The van der Waals surface area contributed by atoms with Crippen LogP contribution >= 0.6 is 11.6 Å². The van der Waals surface area contributed by atoms with Gasteiger partial charge in [-0.25, -0.2) is 26.6 Å². The molecular formula is C18H15ClFN3O5S. The number of aromatic nitrogens is 2. The fourth-order valence-corrected chi connectivity index (χ4v) is 3.37. The number of methoxy groups -OCH3 is 2. The van der Waals surface area contributed by atoms with Gasteiger partial charge in [0.15, 0.2) is 0 Å². The van der Waals surface area contributed by atoms with E-state index in [1.165, 1.54) is 24.2 Å². The molecular weight excluding hydrogens is 425 g/mol. The van der Waals surface area contributed by atoms with Gasteiger partial charge in [-0.1, -0.05) is 11.6 Å². The van der Waals surface area contributed by atoms with Gasteiger partial charge >= 0.3 is 5.97 Å². The lowest BCUT2D eigenvalue weighted by atomic mass is 10.1. The molecule has 0 aliphatic carbocycles. The molecule has 0 unspecified atom stereocenters. The van der Waals surface area contributed by atoms with Gasteiger partial charge in [-0.2, -0.15) is 5.10 Å². The molecule has 1 aromatic heterocycles. The van der Waals surface area contributed by atoms with Gasteiger partial charge in [0.1, 0.15) is 17.3 Å². The third-order valence-electron chi connectivity index (χ3n) is 3.97. The van der Waals surface area contributed by atoms with E-state index in [1.807, 2.05) is 0 Å². The standard InChI is InChI=1S/C18H15ClFN3O5S/c1-27-17-7-14(18(24)28-2)15(20)8-16(17)23(29(25)26)13-9-21-22(10-13)12-5-3-11(19)4-6-12/h3-10,29H,1-2H3. The summed E-state index contributed by atoms with van der Waals surface area (Å²) in [4.78, 5) is 11.7. The molecule has 0 amide bonds. The van der Waals surface area contributed by atoms with E-state index in [4.69, 9.17) is 16.3 Å². The first-order valence-corrected chi connectivity index (χ1v) is 9.57. The van der Waals surface area contributed by atoms with Crippen LogP contribution in [0.1, 0.15) is 10.4 Å². The fourth-order valence-electron chi connectivity index (χ4n) is 2.62. The van der Waals surface area contributed by atoms with Crippen LogP contribution in [0.3, 0.4) is 0 Å². The minimum Gasteiger partial charge on any atom is -0.495 e. The van der Waals surface area contributed by atoms with Crippen LogP contribution < -0.4 is 9.04 Å². The number of esters is 1. The summed E-state index contributed by atoms with van der Waals surface area (Å²) in [7, 11) is -0.870. The van der Waals surface area contributed by atoms with Crippen LogP contribution in [-0.4, -0.2) is 38.4 Å². The average Bonchev–Trinajstić information content (AvgIpc) is 3.17. The Hall–Kier alpha value is -3.11. The summed E-state index contributed by atoms with van der Waals surface area (Å²) in [6.07, 6.45) is 2.74. The Labute approximate surface area is 172 Å². The molecule has 2 aromatic carbocycles. The summed E-state index contributed by atoms with van der Waals surface area (Å²) in [5.74, 6) is -1.91. The molecule has 0 bridgehead atoms. The van der Waals surface area contributed by atoms with Crippen LogP contribution in [0.4, 0.5) is 15.8 Å². The predicted octanol–water partition coefficient (Wildman–Crippen LogP) is 3.12. The van der Waals surface area contributed by atoms with Crippen molar-refractivity contribution in [3.05, 3.63) is 65.2 Å². The van der Waals surface area contributed by atoms with E-state index in [2.05, 4.69) is 9.84 Å². The summed E-state index contributed by atoms with van der Waals surface area (Å²) >= 11 is 5.87. The molecule has 0 saturated heterocycles. The van der Waals surface area contributed by atoms with E-state index in [9.17, 15) is 17.6 Å². The summed E-state index contributed by atoms with van der Waals surface area (Å²) in [5, 5.41) is 4.68. The number of nitrogens with zero attached hydrogens (tertiary/aromatic N) is 3. The Morgan fingerprint density at radius 1 is 1.21 bits per heavy atom. The number of anilines is 2. The van der Waals surface area contributed by atoms with Crippen LogP contribution in [0.15, 0.2) is 48.8 Å². The van der Waals surface area contributed by atoms with Crippen LogP contribution in [0.5, 0.6) is 5.75 Å². The van der Waals surface area contributed by atoms with Gasteiger partial charge in [0, 0.05) is 11.1 Å². The van der Waals surface area contributed by atoms with Crippen LogP contribution in [-0.2, 0) is 15.6 Å². The molecule has 8 nitrogen and oxygen atoms in total. The van der Waals surface area contributed by atoms with Crippen molar-refractivity contribution in [3.63, 3.8) is 0 Å². The summed E-state index contributed by atoms with van der Waals surface area (Å²) < 4.78 is 50.4. The molecule has 0 saturated carbocycles.